The van der Waals surface area contributed by atoms with Crippen LogP contribution in [0, 0.1) is 0 Å². The fourth-order valence-electron chi connectivity index (χ4n) is 2.09. The number of hydrogen-bond acceptors (Lipinski definition) is 4. The van der Waals surface area contributed by atoms with Crippen molar-refractivity contribution >= 4 is 5.82 Å². The van der Waals surface area contributed by atoms with Crippen molar-refractivity contribution in [3.63, 3.8) is 0 Å². The normalized spacial score (nSPS) is 20.7. The van der Waals surface area contributed by atoms with Gasteiger partial charge in [0.1, 0.15) is 5.82 Å². The van der Waals surface area contributed by atoms with Gasteiger partial charge in [-0.1, -0.05) is 13.0 Å². The first-order chi connectivity index (χ1) is 8.28. The summed E-state index contributed by atoms with van der Waals surface area (Å²) in [6.45, 7) is 5.76. The zero-order chi connectivity index (χ0) is 12.1. The summed E-state index contributed by atoms with van der Waals surface area (Å²) in [6, 6.07) is 4.13. The molecule has 0 radical (unpaired) electrons. The molecule has 0 aliphatic carbocycles. The van der Waals surface area contributed by atoms with Crippen molar-refractivity contribution in [1.82, 2.24) is 9.88 Å². The van der Waals surface area contributed by atoms with Gasteiger partial charge in [0, 0.05) is 32.4 Å². The van der Waals surface area contributed by atoms with Crippen molar-refractivity contribution in [1.29, 1.82) is 0 Å². The second kappa shape index (κ2) is 5.98. The van der Waals surface area contributed by atoms with Gasteiger partial charge >= 0.3 is 0 Å². The molecular formula is C13H21N3O. The highest BCUT2D eigenvalue weighted by Gasteiger charge is 2.19. The van der Waals surface area contributed by atoms with Crippen molar-refractivity contribution in [3.8, 4) is 0 Å². The molecule has 94 valence electrons. The molecule has 1 aromatic heterocycles. The Morgan fingerprint density at radius 2 is 2.41 bits per heavy atom. The monoisotopic (exact) mass is 235 g/mol. The first-order valence-corrected chi connectivity index (χ1v) is 6.37. The summed E-state index contributed by atoms with van der Waals surface area (Å²) in [5.74, 6) is 0.942. The molecule has 2 N–H and O–H groups in total. The zero-order valence-corrected chi connectivity index (χ0v) is 10.4. The lowest BCUT2D eigenvalue weighted by atomic mass is 10.2. The summed E-state index contributed by atoms with van der Waals surface area (Å²) >= 11 is 0. The van der Waals surface area contributed by atoms with E-state index in [1.165, 1.54) is 5.56 Å². The SMILES string of the molecule is CCCNc1ccc(CN2CCC(O)C2)cn1. The first kappa shape index (κ1) is 12.3. The van der Waals surface area contributed by atoms with Crippen LogP contribution in [0.25, 0.3) is 0 Å². The molecule has 2 rings (SSSR count). The number of aliphatic hydroxyl groups excluding tert-OH is 1. The Bertz CT molecular complexity index is 339. The molecule has 1 unspecified atom stereocenters. The largest absolute Gasteiger partial charge is 0.392 e. The number of hydrogen-bond donors (Lipinski definition) is 2. The van der Waals surface area contributed by atoms with E-state index < -0.39 is 0 Å². The molecule has 1 aromatic rings. The van der Waals surface area contributed by atoms with E-state index in [-0.39, 0.29) is 6.10 Å². The van der Waals surface area contributed by atoms with Gasteiger partial charge in [-0.2, -0.15) is 0 Å². The molecule has 0 bridgehead atoms. The number of anilines is 1. The van der Waals surface area contributed by atoms with Crippen LogP contribution in [-0.4, -0.2) is 40.7 Å². The number of β-amino-alcohol motifs (C(OH)–C–C–N with tert-alkyl or cyclic N) is 1. The van der Waals surface area contributed by atoms with E-state index in [1.807, 2.05) is 12.3 Å². The van der Waals surface area contributed by atoms with E-state index in [9.17, 15) is 5.11 Å². The fourth-order valence-corrected chi connectivity index (χ4v) is 2.09. The second-order valence-electron chi connectivity index (χ2n) is 4.66. The van der Waals surface area contributed by atoms with E-state index in [1.54, 1.807) is 0 Å². The number of nitrogens with zero attached hydrogens (tertiary/aromatic N) is 2. The maximum Gasteiger partial charge on any atom is 0.125 e. The van der Waals surface area contributed by atoms with E-state index >= 15 is 0 Å². The Balaban J connectivity index is 1.85. The Morgan fingerprint density at radius 1 is 1.53 bits per heavy atom. The molecule has 1 aliphatic heterocycles. The topological polar surface area (TPSA) is 48.4 Å². The molecule has 17 heavy (non-hydrogen) atoms. The molecule has 2 heterocycles. The van der Waals surface area contributed by atoms with Crippen LogP contribution in [0.4, 0.5) is 5.82 Å². The average molecular weight is 235 g/mol. The zero-order valence-electron chi connectivity index (χ0n) is 10.4. The molecule has 4 nitrogen and oxygen atoms in total. The van der Waals surface area contributed by atoms with Gasteiger partial charge in [-0.15, -0.1) is 0 Å². The number of aliphatic hydroxyl groups is 1. The highest BCUT2D eigenvalue weighted by atomic mass is 16.3. The third-order valence-corrected chi connectivity index (χ3v) is 3.03. The number of nitrogens with one attached hydrogen (secondary N) is 1. The Labute approximate surface area is 103 Å². The van der Waals surface area contributed by atoms with Crippen LogP contribution in [0.1, 0.15) is 25.3 Å². The van der Waals surface area contributed by atoms with E-state index in [0.29, 0.717) is 0 Å². The fraction of sp³-hybridized carbons (Fsp3) is 0.615. The summed E-state index contributed by atoms with van der Waals surface area (Å²) in [6.07, 6.45) is 3.77. The Hall–Kier alpha value is -1.13. The minimum Gasteiger partial charge on any atom is -0.392 e. The van der Waals surface area contributed by atoms with E-state index in [2.05, 4.69) is 28.2 Å². The summed E-state index contributed by atoms with van der Waals surface area (Å²) in [5.41, 5.74) is 1.21. The minimum absolute atomic E-state index is 0.145. The van der Waals surface area contributed by atoms with Gasteiger partial charge in [-0.05, 0) is 24.5 Å². The van der Waals surface area contributed by atoms with Crippen LogP contribution in [0.15, 0.2) is 18.3 Å². The number of rotatable bonds is 5. The quantitative estimate of drug-likeness (QED) is 0.811. The van der Waals surface area contributed by atoms with Crippen molar-refractivity contribution < 1.29 is 5.11 Å². The van der Waals surface area contributed by atoms with Crippen LogP contribution >= 0.6 is 0 Å². The van der Waals surface area contributed by atoms with Crippen LogP contribution in [0.3, 0.4) is 0 Å². The molecule has 1 atom stereocenters. The summed E-state index contributed by atoms with van der Waals surface area (Å²) in [4.78, 5) is 6.64. The molecule has 0 aromatic carbocycles. The van der Waals surface area contributed by atoms with Crippen LogP contribution < -0.4 is 5.32 Å². The van der Waals surface area contributed by atoms with Crippen LogP contribution in [0.5, 0.6) is 0 Å². The maximum absolute atomic E-state index is 9.45. The van der Waals surface area contributed by atoms with E-state index in [0.717, 1.165) is 44.8 Å². The van der Waals surface area contributed by atoms with Gasteiger partial charge in [0.05, 0.1) is 6.10 Å². The Morgan fingerprint density at radius 3 is 3.00 bits per heavy atom. The molecular weight excluding hydrogens is 214 g/mol. The average Bonchev–Trinajstić information content (AvgIpc) is 2.74. The molecule has 1 fully saturated rings. The summed E-state index contributed by atoms with van der Waals surface area (Å²) in [5, 5.41) is 12.7. The molecule has 4 heteroatoms. The summed E-state index contributed by atoms with van der Waals surface area (Å²) in [7, 11) is 0. The van der Waals surface area contributed by atoms with Crippen LogP contribution in [-0.2, 0) is 6.54 Å². The molecule has 1 aliphatic rings. The van der Waals surface area contributed by atoms with Crippen molar-refractivity contribution in [2.24, 2.45) is 0 Å². The lowest BCUT2D eigenvalue weighted by molar-refractivity contribution is 0.175. The van der Waals surface area contributed by atoms with Gasteiger partial charge in [-0.3, -0.25) is 4.90 Å². The van der Waals surface area contributed by atoms with Gasteiger partial charge in [0.25, 0.3) is 0 Å². The number of aromatic nitrogens is 1. The number of pyridine rings is 1. The van der Waals surface area contributed by atoms with Crippen molar-refractivity contribution in [2.45, 2.75) is 32.4 Å². The molecule has 0 saturated carbocycles. The van der Waals surface area contributed by atoms with Gasteiger partial charge in [-0.25, -0.2) is 4.98 Å². The summed E-state index contributed by atoms with van der Waals surface area (Å²) < 4.78 is 0. The van der Waals surface area contributed by atoms with E-state index in [4.69, 9.17) is 0 Å². The maximum atomic E-state index is 9.45. The van der Waals surface area contributed by atoms with Gasteiger partial charge in [0.2, 0.25) is 0 Å². The predicted octanol–water partition coefficient (Wildman–Crippen LogP) is 1.47. The second-order valence-corrected chi connectivity index (χ2v) is 4.66. The predicted molar refractivity (Wildman–Crippen MR) is 68.9 cm³/mol. The third kappa shape index (κ3) is 3.68. The highest BCUT2D eigenvalue weighted by Crippen LogP contribution is 2.13. The molecule has 0 amide bonds. The highest BCUT2D eigenvalue weighted by molar-refractivity contribution is 5.35. The standard InChI is InChI=1S/C13H21N3O/c1-2-6-14-13-4-3-11(8-15-13)9-16-7-5-12(17)10-16/h3-4,8,12,17H,2,5-7,9-10H2,1H3,(H,14,15). The van der Waals surface area contributed by atoms with Crippen LogP contribution in [0.2, 0.25) is 0 Å². The third-order valence-electron chi connectivity index (χ3n) is 3.03. The minimum atomic E-state index is -0.145. The molecule has 1 saturated heterocycles. The lowest BCUT2D eigenvalue weighted by Crippen LogP contribution is -2.21. The smallest absolute Gasteiger partial charge is 0.125 e. The van der Waals surface area contributed by atoms with Gasteiger partial charge < -0.3 is 10.4 Å². The first-order valence-electron chi connectivity index (χ1n) is 6.37. The molecule has 0 spiro atoms. The van der Waals surface area contributed by atoms with Crippen molar-refractivity contribution in [2.75, 3.05) is 25.0 Å². The van der Waals surface area contributed by atoms with Gasteiger partial charge in [0.15, 0.2) is 0 Å². The Kier molecular flexibility index (Phi) is 4.34. The van der Waals surface area contributed by atoms with Crippen molar-refractivity contribution in [3.05, 3.63) is 23.9 Å². The lowest BCUT2D eigenvalue weighted by Gasteiger charge is -2.14. The number of likely N-dealkylation sites (tertiary alicyclic amines) is 1.